The molecule has 0 unspecified atom stereocenters. The molecule has 176 valence electrons. The minimum Gasteiger partial charge on any atom is -0.487 e. The Labute approximate surface area is 198 Å². The first-order chi connectivity index (χ1) is 16.4. The minimum absolute atomic E-state index is 0.421. The lowest BCUT2D eigenvalue weighted by molar-refractivity contribution is 0.361. The number of aryl methyl sites for hydroxylation is 2. The molecule has 0 saturated heterocycles. The van der Waals surface area contributed by atoms with E-state index in [1.807, 2.05) is 26.0 Å². The Kier molecular flexibility index (Phi) is 8.01. The van der Waals surface area contributed by atoms with Gasteiger partial charge in [-0.1, -0.05) is 25.3 Å². The van der Waals surface area contributed by atoms with Crippen molar-refractivity contribution in [2.24, 2.45) is 0 Å². The Bertz CT molecular complexity index is 1260. The van der Waals surface area contributed by atoms with Crippen LogP contribution in [0.2, 0.25) is 0 Å². The second-order valence-corrected chi connectivity index (χ2v) is 7.11. The maximum Gasteiger partial charge on any atom is 0.147 e. The number of rotatable bonds is 8. The number of nitrogens with two attached hydrogens (primary N) is 2. The van der Waals surface area contributed by atoms with Crippen molar-refractivity contribution < 1.29 is 9.47 Å². The third kappa shape index (κ3) is 6.00. The number of nitrogen functional groups attached to an aromatic ring is 2. The van der Waals surface area contributed by atoms with Crippen LogP contribution in [-0.2, 0) is 0 Å². The lowest BCUT2D eigenvalue weighted by atomic mass is 10.2. The molecular formula is C24H28N8O2. The third-order valence-corrected chi connectivity index (χ3v) is 4.48. The lowest BCUT2D eigenvalue weighted by Gasteiger charge is -2.11. The normalized spacial score (nSPS) is 10.2. The van der Waals surface area contributed by atoms with Gasteiger partial charge >= 0.3 is 0 Å². The number of nitrogens with zero attached hydrogens (tertiary/aromatic N) is 6. The van der Waals surface area contributed by atoms with E-state index in [4.69, 9.17) is 20.9 Å². The molecule has 4 aromatic rings. The summed E-state index contributed by atoms with van der Waals surface area (Å²) >= 11 is 0. The van der Waals surface area contributed by atoms with Gasteiger partial charge in [-0.3, -0.25) is 0 Å². The molecule has 2 heterocycles. The highest BCUT2D eigenvalue weighted by Gasteiger charge is 2.10. The Morgan fingerprint density at radius 1 is 0.882 bits per heavy atom. The predicted molar refractivity (Wildman–Crippen MR) is 132 cm³/mol. The predicted octanol–water partition coefficient (Wildman–Crippen LogP) is 3.45. The molecule has 0 spiro atoms. The average molecular weight is 461 g/mol. The van der Waals surface area contributed by atoms with Crippen LogP contribution in [0.4, 0.5) is 11.4 Å². The molecular weight excluding hydrogens is 432 g/mol. The van der Waals surface area contributed by atoms with Gasteiger partial charge < -0.3 is 20.9 Å². The molecule has 0 bridgehead atoms. The lowest BCUT2D eigenvalue weighted by Crippen LogP contribution is -2.04. The first-order valence-corrected chi connectivity index (χ1v) is 10.4. The number of benzene rings is 2. The molecule has 4 N–H and O–H groups in total. The van der Waals surface area contributed by atoms with Gasteiger partial charge in [0.25, 0.3) is 0 Å². The van der Waals surface area contributed by atoms with Gasteiger partial charge in [-0.05, 0) is 38.1 Å². The van der Waals surface area contributed by atoms with E-state index >= 15 is 0 Å². The highest BCUT2D eigenvalue weighted by molar-refractivity contribution is 5.56. The Morgan fingerprint density at radius 2 is 1.47 bits per heavy atom. The Morgan fingerprint density at radius 3 is 1.97 bits per heavy atom. The fraction of sp³-hybridized carbons (Fsp3) is 0.167. The fourth-order valence-corrected chi connectivity index (χ4v) is 2.95. The molecule has 0 radical (unpaired) electrons. The van der Waals surface area contributed by atoms with Crippen LogP contribution in [-0.4, -0.2) is 42.7 Å². The number of hydrogen-bond acceptors (Lipinski definition) is 8. The van der Waals surface area contributed by atoms with Crippen LogP contribution < -0.4 is 20.9 Å². The third-order valence-electron chi connectivity index (χ3n) is 4.48. The molecule has 0 fully saturated rings. The van der Waals surface area contributed by atoms with E-state index in [1.54, 1.807) is 52.1 Å². The topological polar surface area (TPSA) is 132 Å². The summed E-state index contributed by atoms with van der Waals surface area (Å²) in [5.74, 6) is 2.82. The Hall–Kier alpha value is -4.60. The zero-order chi connectivity index (χ0) is 24.5. The quantitative estimate of drug-likeness (QED) is 0.302. The number of ether oxygens (including phenoxy) is 2. The largest absolute Gasteiger partial charge is 0.487 e. The van der Waals surface area contributed by atoms with E-state index in [-0.39, 0.29) is 0 Å². The summed E-state index contributed by atoms with van der Waals surface area (Å²) in [4.78, 5) is 8.16. The van der Waals surface area contributed by atoms with Crippen molar-refractivity contribution in [2.75, 3.05) is 24.7 Å². The SMILES string of the molecule is C=CCOc1cc(N)ccc1-n1cnc(C)n1.C=CCOc1cc(N)ccc1-n1ncnc1C. The Balaban J connectivity index is 0.000000191. The second-order valence-electron chi connectivity index (χ2n) is 7.11. The van der Waals surface area contributed by atoms with Gasteiger partial charge in [-0.2, -0.15) is 10.2 Å². The highest BCUT2D eigenvalue weighted by atomic mass is 16.5. The van der Waals surface area contributed by atoms with Crippen molar-refractivity contribution in [2.45, 2.75) is 13.8 Å². The van der Waals surface area contributed by atoms with Crippen molar-refractivity contribution in [3.63, 3.8) is 0 Å². The van der Waals surface area contributed by atoms with Gasteiger partial charge in [-0.25, -0.2) is 19.3 Å². The summed E-state index contributed by atoms with van der Waals surface area (Å²) in [5, 5.41) is 8.38. The van der Waals surface area contributed by atoms with Gasteiger partial charge in [0.1, 0.15) is 60.4 Å². The molecule has 4 rings (SSSR count). The van der Waals surface area contributed by atoms with Crippen LogP contribution >= 0.6 is 0 Å². The number of anilines is 2. The molecule has 0 saturated carbocycles. The van der Waals surface area contributed by atoms with Crippen LogP contribution in [0.1, 0.15) is 11.6 Å². The molecule has 10 heteroatoms. The van der Waals surface area contributed by atoms with E-state index in [1.165, 1.54) is 6.33 Å². The molecule has 0 amide bonds. The summed E-state index contributed by atoms with van der Waals surface area (Å²) < 4.78 is 14.5. The van der Waals surface area contributed by atoms with E-state index in [9.17, 15) is 0 Å². The molecule has 2 aromatic heterocycles. The zero-order valence-electron chi connectivity index (χ0n) is 19.3. The maximum absolute atomic E-state index is 5.74. The summed E-state index contributed by atoms with van der Waals surface area (Å²) in [6.45, 7) is 11.8. The van der Waals surface area contributed by atoms with Gasteiger partial charge in [0.2, 0.25) is 0 Å². The van der Waals surface area contributed by atoms with E-state index < -0.39 is 0 Å². The second kappa shape index (κ2) is 11.3. The molecule has 0 atom stereocenters. The van der Waals surface area contributed by atoms with E-state index in [0.29, 0.717) is 41.9 Å². The minimum atomic E-state index is 0.421. The van der Waals surface area contributed by atoms with Crippen LogP contribution in [0, 0.1) is 13.8 Å². The van der Waals surface area contributed by atoms with E-state index in [0.717, 1.165) is 17.2 Å². The zero-order valence-corrected chi connectivity index (χ0v) is 19.3. The average Bonchev–Trinajstić information content (AvgIpc) is 3.45. The summed E-state index contributed by atoms with van der Waals surface area (Å²) in [7, 11) is 0. The standard InChI is InChI=1S/2C12H14N4O/c1-3-6-17-12-7-10(13)4-5-11(12)16-8-14-9(2)15-16;1-3-6-17-12-7-10(13)4-5-11(12)16-9(2)14-8-15-16/h2*3-5,7-8H,1,6,13H2,2H3. The van der Waals surface area contributed by atoms with Crippen LogP contribution in [0.25, 0.3) is 11.4 Å². The fourth-order valence-electron chi connectivity index (χ4n) is 2.95. The number of aromatic nitrogens is 6. The smallest absolute Gasteiger partial charge is 0.147 e. The first kappa shape index (κ1) is 24.1. The van der Waals surface area contributed by atoms with Crippen LogP contribution in [0.3, 0.4) is 0 Å². The number of hydrogen-bond donors (Lipinski definition) is 2. The van der Waals surface area contributed by atoms with Crippen LogP contribution in [0.5, 0.6) is 11.5 Å². The van der Waals surface area contributed by atoms with E-state index in [2.05, 4.69) is 33.3 Å². The monoisotopic (exact) mass is 460 g/mol. The summed E-state index contributed by atoms with van der Waals surface area (Å²) in [6, 6.07) is 10.8. The molecule has 0 aliphatic heterocycles. The first-order valence-electron chi connectivity index (χ1n) is 10.4. The summed E-state index contributed by atoms with van der Waals surface area (Å²) in [5.41, 5.74) is 14.4. The van der Waals surface area contributed by atoms with Crippen molar-refractivity contribution in [3.05, 3.63) is 86.0 Å². The summed E-state index contributed by atoms with van der Waals surface area (Å²) in [6.07, 6.45) is 6.51. The van der Waals surface area contributed by atoms with Crippen molar-refractivity contribution in [3.8, 4) is 22.9 Å². The maximum atomic E-state index is 5.74. The van der Waals surface area contributed by atoms with Gasteiger partial charge in [0.05, 0.1) is 0 Å². The van der Waals surface area contributed by atoms with Crippen molar-refractivity contribution in [1.82, 2.24) is 29.5 Å². The molecule has 0 aliphatic carbocycles. The van der Waals surface area contributed by atoms with Gasteiger partial charge in [-0.15, -0.1) is 0 Å². The van der Waals surface area contributed by atoms with Crippen molar-refractivity contribution in [1.29, 1.82) is 0 Å². The molecule has 34 heavy (non-hydrogen) atoms. The highest BCUT2D eigenvalue weighted by Crippen LogP contribution is 2.26. The van der Waals surface area contributed by atoms with Gasteiger partial charge in [0, 0.05) is 23.5 Å². The van der Waals surface area contributed by atoms with Crippen LogP contribution in [0.15, 0.2) is 74.4 Å². The molecule has 0 aliphatic rings. The van der Waals surface area contributed by atoms with Gasteiger partial charge in [0.15, 0.2) is 0 Å². The molecule has 10 nitrogen and oxygen atoms in total. The molecule has 2 aromatic carbocycles. The van der Waals surface area contributed by atoms with Crippen molar-refractivity contribution >= 4 is 11.4 Å².